The largest absolute Gasteiger partial charge is 0.492 e. The highest BCUT2D eigenvalue weighted by molar-refractivity contribution is 6.30. The molecule has 7 heteroatoms. The first-order valence-electron chi connectivity index (χ1n) is 7.77. The molecule has 1 aliphatic rings. The Morgan fingerprint density at radius 3 is 2.57 bits per heavy atom. The number of hydrogen-bond acceptors (Lipinski definition) is 4. The van der Waals surface area contributed by atoms with Gasteiger partial charge in [0.25, 0.3) is 0 Å². The van der Waals surface area contributed by atoms with E-state index in [2.05, 4.69) is 10.2 Å². The van der Waals surface area contributed by atoms with Crippen molar-refractivity contribution in [3.63, 3.8) is 0 Å². The van der Waals surface area contributed by atoms with Crippen molar-refractivity contribution >= 4 is 29.9 Å². The summed E-state index contributed by atoms with van der Waals surface area (Å²) >= 11 is 5.84. The molecule has 0 unspecified atom stereocenters. The molecule has 23 heavy (non-hydrogen) atoms. The lowest BCUT2D eigenvalue weighted by atomic mass is 10.0. The molecule has 0 bridgehead atoms. The number of rotatable bonds is 7. The minimum absolute atomic E-state index is 0. The summed E-state index contributed by atoms with van der Waals surface area (Å²) in [5.41, 5.74) is 5.38. The summed E-state index contributed by atoms with van der Waals surface area (Å²) in [7, 11) is 0. The van der Waals surface area contributed by atoms with E-state index in [4.69, 9.17) is 22.1 Å². The summed E-state index contributed by atoms with van der Waals surface area (Å²) < 4.78 is 5.70. The summed E-state index contributed by atoms with van der Waals surface area (Å²) in [5.74, 6) is 0.903. The van der Waals surface area contributed by atoms with E-state index in [1.165, 1.54) is 0 Å². The van der Waals surface area contributed by atoms with Gasteiger partial charge in [-0.05, 0) is 37.1 Å². The Balaban J connectivity index is 0.00000264. The number of carbonyl (C=O) groups excluding carboxylic acids is 1. The van der Waals surface area contributed by atoms with Crippen LogP contribution in [0.2, 0.25) is 5.02 Å². The minimum atomic E-state index is 0. The van der Waals surface area contributed by atoms with Crippen LogP contribution in [0.3, 0.4) is 0 Å². The summed E-state index contributed by atoms with van der Waals surface area (Å²) in [6, 6.07) is 7.69. The van der Waals surface area contributed by atoms with Gasteiger partial charge in [-0.3, -0.25) is 9.69 Å². The van der Waals surface area contributed by atoms with Gasteiger partial charge in [0.15, 0.2) is 0 Å². The normalized spacial score (nSPS) is 15.7. The Kier molecular flexibility index (Phi) is 9.33. The van der Waals surface area contributed by atoms with Crippen LogP contribution < -0.4 is 15.8 Å². The van der Waals surface area contributed by atoms with Gasteiger partial charge in [0.05, 0.1) is 0 Å². The zero-order valence-electron chi connectivity index (χ0n) is 13.2. The molecule has 1 amide bonds. The van der Waals surface area contributed by atoms with Crippen LogP contribution >= 0.6 is 24.0 Å². The van der Waals surface area contributed by atoms with Crippen LogP contribution in [0.1, 0.15) is 19.3 Å². The fourth-order valence-corrected chi connectivity index (χ4v) is 2.68. The highest BCUT2D eigenvalue weighted by atomic mass is 35.5. The topological polar surface area (TPSA) is 67.6 Å². The number of hydrogen-bond donors (Lipinski definition) is 2. The second-order valence-electron chi connectivity index (χ2n) is 5.52. The Hall–Kier alpha value is -1.01. The molecule has 3 N–H and O–H groups in total. The minimum Gasteiger partial charge on any atom is -0.492 e. The van der Waals surface area contributed by atoms with Crippen LogP contribution in [0.25, 0.3) is 0 Å². The van der Waals surface area contributed by atoms with Crippen molar-refractivity contribution in [2.45, 2.75) is 25.3 Å². The predicted octanol–water partition coefficient (Wildman–Crippen LogP) is 2.07. The van der Waals surface area contributed by atoms with Gasteiger partial charge in [0, 0.05) is 43.7 Å². The first kappa shape index (κ1) is 20.0. The van der Waals surface area contributed by atoms with Crippen LogP contribution in [0.15, 0.2) is 24.3 Å². The number of nitrogens with one attached hydrogen (secondary N) is 1. The number of piperidine rings is 1. The van der Waals surface area contributed by atoms with Gasteiger partial charge in [-0.1, -0.05) is 11.6 Å². The van der Waals surface area contributed by atoms with E-state index in [1.54, 1.807) is 0 Å². The molecule has 1 fully saturated rings. The first-order chi connectivity index (χ1) is 10.7. The van der Waals surface area contributed by atoms with Gasteiger partial charge >= 0.3 is 0 Å². The number of nitrogens with zero attached hydrogens (tertiary/aromatic N) is 1. The van der Waals surface area contributed by atoms with Gasteiger partial charge in [-0.15, -0.1) is 12.4 Å². The van der Waals surface area contributed by atoms with E-state index in [-0.39, 0.29) is 24.4 Å². The molecular weight excluding hydrogens is 337 g/mol. The highest BCUT2D eigenvalue weighted by Gasteiger charge is 2.20. The average Bonchev–Trinajstić information content (AvgIpc) is 2.51. The van der Waals surface area contributed by atoms with Gasteiger partial charge in [-0.2, -0.15) is 0 Å². The predicted molar refractivity (Wildman–Crippen MR) is 95.5 cm³/mol. The molecule has 0 spiro atoms. The van der Waals surface area contributed by atoms with Gasteiger partial charge in [0.1, 0.15) is 12.4 Å². The number of amides is 1. The van der Waals surface area contributed by atoms with Crippen molar-refractivity contribution in [3.8, 4) is 5.75 Å². The number of carbonyl (C=O) groups is 1. The average molecular weight is 362 g/mol. The second kappa shape index (κ2) is 10.7. The van der Waals surface area contributed by atoms with E-state index >= 15 is 0 Å². The number of nitrogens with two attached hydrogens (primary N) is 1. The number of likely N-dealkylation sites (tertiary alicyclic amines) is 1. The first-order valence-corrected chi connectivity index (χ1v) is 8.15. The van der Waals surface area contributed by atoms with Gasteiger partial charge in [-0.25, -0.2) is 0 Å². The Bertz CT molecular complexity index is 463. The fourth-order valence-electron chi connectivity index (χ4n) is 2.56. The van der Waals surface area contributed by atoms with E-state index in [0.29, 0.717) is 24.6 Å². The Morgan fingerprint density at radius 1 is 1.30 bits per heavy atom. The lowest BCUT2D eigenvalue weighted by Crippen LogP contribution is -2.45. The summed E-state index contributed by atoms with van der Waals surface area (Å²) in [6.07, 6.45) is 2.38. The van der Waals surface area contributed by atoms with Crippen molar-refractivity contribution < 1.29 is 9.53 Å². The molecule has 1 aliphatic heterocycles. The van der Waals surface area contributed by atoms with Crippen molar-refractivity contribution in [2.24, 2.45) is 5.73 Å². The molecule has 130 valence electrons. The quantitative estimate of drug-likeness (QED) is 0.779. The van der Waals surface area contributed by atoms with Gasteiger partial charge in [0.2, 0.25) is 5.91 Å². The maximum Gasteiger partial charge on any atom is 0.221 e. The molecule has 0 radical (unpaired) electrons. The molecule has 0 saturated carbocycles. The standard InChI is InChI=1S/C16H24ClN3O2.ClH/c17-13-1-3-15(4-2-13)22-12-11-20-9-6-14(7-10-20)19-16(21)5-8-18;/h1-4,14H,5-12,18H2,(H,19,21);1H. The molecule has 1 aromatic carbocycles. The SMILES string of the molecule is Cl.NCCC(=O)NC1CCN(CCOc2ccc(Cl)cc2)CC1. The lowest BCUT2D eigenvalue weighted by Gasteiger charge is -2.32. The summed E-state index contributed by atoms with van der Waals surface area (Å²) in [6.45, 7) is 3.93. The maximum atomic E-state index is 11.5. The molecule has 1 saturated heterocycles. The van der Waals surface area contributed by atoms with Crippen LogP contribution in [0.5, 0.6) is 5.75 Å². The van der Waals surface area contributed by atoms with Crippen molar-refractivity contribution in [1.82, 2.24) is 10.2 Å². The van der Waals surface area contributed by atoms with Gasteiger partial charge < -0.3 is 15.8 Å². The van der Waals surface area contributed by atoms with E-state index in [1.807, 2.05) is 24.3 Å². The monoisotopic (exact) mass is 361 g/mol. The summed E-state index contributed by atoms with van der Waals surface area (Å²) in [4.78, 5) is 13.9. The Morgan fingerprint density at radius 2 is 1.96 bits per heavy atom. The smallest absolute Gasteiger partial charge is 0.221 e. The number of halogens is 2. The molecule has 0 aliphatic carbocycles. The molecule has 2 rings (SSSR count). The molecule has 0 atom stereocenters. The van der Waals surface area contributed by atoms with Crippen LogP contribution in [0.4, 0.5) is 0 Å². The second-order valence-corrected chi connectivity index (χ2v) is 5.96. The van der Waals surface area contributed by atoms with Crippen molar-refractivity contribution in [3.05, 3.63) is 29.3 Å². The van der Waals surface area contributed by atoms with Crippen LogP contribution in [-0.4, -0.2) is 49.6 Å². The van der Waals surface area contributed by atoms with Crippen LogP contribution in [0, 0.1) is 0 Å². The third-order valence-corrected chi connectivity index (χ3v) is 4.07. The van der Waals surface area contributed by atoms with E-state index < -0.39 is 0 Å². The molecule has 5 nitrogen and oxygen atoms in total. The Labute approximate surface area is 148 Å². The molecule has 1 aromatic rings. The van der Waals surface area contributed by atoms with E-state index in [9.17, 15) is 4.79 Å². The maximum absolute atomic E-state index is 11.5. The lowest BCUT2D eigenvalue weighted by molar-refractivity contribution is -0.121. The highest BCUT2D eigenvalue weighted by Crippen LogP contribution is 2.16. The zero-order chi connectivity index (χ0) is 15.8. The number of ether oxygens (including phenoxy) is 1. The fraction of sp³-hybridized carbons (Fsp3) is 0.562. The van der Waals surface area contributed by atoms with E-state index in [0.717, 1.165) is 38.2 Å². The molecule has 1 heterocycles. The van der Waals surface area contributed by atoms with Crippen LogP contribution in [-0.2, 0) is 4.79 Å². The third kappa shape index (κ3) is 7.40. The zero-order valence-corrected chi connectivity index (χ0v) is 14.7. The molecule has 0 aromatic heterocycles. The van der Waals surface area contributed by atoms with Crippen molar-refractivity contribution in [1.29, 1.82) is 0 Å². The third-order valence-electron chi connectivity index (χ3n) is 3.81. The van der Waals surface area contributed by atoms with Crippen molar-refractivity contribution in [2.75, 3.05) is 32.8 Å². The summed E-state index contributed by atoms with van der Waals surface area (Å²) in [5, 5.41) is 3.75. The molecular formula is C16H25Cl2N3O2. The number of benzene rings is 1.